The molecule has 1 aromatic heterocycles. The van der Waals surface area contributed by atoms with E-state index in [0.29, 0.717) is 30.1 Å². The summed E-state index contributed by atoms with van der Waals surface area (Å²) in [6.07, 6.45) is 1.53. The van der Waals surface area contributed by atoms with Gasteiger partial charge in [0, 0.05) is 18.0 Å². The number of aryl methyl sites for hydroxylation is 2. The van der Waals surface area contributed by atoms with Gasteiger partial charge in [-0.25, -0.2) is 0 Å². The Labute approximate surface area is 98.8 Å². The summed E-state index contributed by atoms with van der Waals surface area (Å²) in [5, 5.41) is 9.89. The fraction of sp³-hybridized carbons (Fsp3) is 0.600. The molecule has 0 unspecified atom stereocenters. The molecule has 0 aromatic carbocycles. The summed E-state index contributed by atoms with van der Waals surface area (Å²) in [6, 6.07) is 0. The Kier molecular flexibility index (Phi) is 5.03. The highest BCUT2D eigenvalue weighted by Crippen LogP contribution is 2.11. The van der Waals surface area contributed by atoms with Crippen LogP contribution >= 0.6 is 0 Å². The van der Waals surface area contributed by atoms with Gasteiger partial charge in [-0.05, 0) is 32.2 Å². The first-order valence-corrected chi connectivity index (χ1v) is 5.38. The molecule has 0 atom stereocenters. The third kappa shape index (κ3) is 3.81. The fourth-order valence-corrected chi connectivity index (χ4v) is 1.45. The van der Waals surface area contributed by atoms with Crippen molar-refractivity contribution in [3.05, 3.63) is 27.5 Å². The van der Waals surface area contributed by atoms with E-state index in [9.17, 15) is 4.79 Å². The molecule has 1 heterocycles. The summed E-state index contributed by atoms with van der Waals surface area (Å²) < 4.78 is 4.91. The number of hydrogen-bond donors (Lipinski definition) is 1. The number of carbonyl (C=O) groups excluding carboxylic acids is 1. The molecule has 0 saturated heterocycles. The van der Waals surface area contributed by atoms with Crippen molar-refractivity contribution in [1.82, 2.24) is 10.5 Å². The molecule has 17 heavy (non-hydrogen) atoms. The molecule has 0 saturated carbocycles. The summed E-state index contributed by atoms with van der Waals surface area (Å²) in [5.41, 5.74) is 9.16. The van der Waals surface area contributed by atoms with Crippen molar-refractivity contribution in [2.75, 3.05) is 13.1 Å². The van der Waals surface area contributed by atoms with Gasteiger partial charge in [0.25, 0.3) is 5.91 Å². The lowest BCUT2D eigenvalue weighted by Crippen LogP contribution is -2.25. The van der Waals surface area contributed by atoms with Crippen LogP contribution in [0.5, 0.6) is 0 Å². The Morgan fingerprint density at radius 1 is 1.53 bits per heavy atom. The summed E-state index contributed by atoms with van der Waals surface area (Å²) in [4.78, 5) is 14.4. The van der Waals surface area contributed by atoms with E-state index in [2.05, 4.69) is 20.5 Å². The number of unbranched alkanes of at least 4 members (excludes halogenated alkanes) is 1. The van der Waals surface area contributed by atoms with Crippen LogP contribution in [0.2, 0.25) is 0 Å². The molecule has 0 aliphatic carbocycles. The van der Waals surface area contributed by atoms with Gasteiger partial charge in [0.15, 0.2) is 0 Å². The Morgan fingerprint density at radius 3 is 2.88 bits per heavy atom. The lowest BCUT2D eigenvalue weighted by atomic mass is 10.2. The van der Waals surface area contributed by atoms with E-state index in [1.807, 2.05) is 0 Å². The molecule has 1 N–H and O–H groups in total. The fourth-order valence-electron chi connectivity index (χ4n) is 1.45. The summed E-state index contributed by atoms with van der Waals surface area (Å²) in [7, 11) is 0. The van der Waals surface area contributed by atoms with Crippen molar-refractivity contribution >= 4 is 5.91 Å². The van der Waals surface area contributed by atoms with Crippen molar-refractivity contribution in [2.24, 2.45) is 5.11 Å². The van der Waals surface area contributed by atoms with Crippen molar-refractivity contribution in [2.45, 2.75) is 26.7 Å². The number of hydrogen-bond acceptors (Lipinski definition) is 4. The molecule has 0 spiro atoms. The van der Waals surface area contributed by atoms with Gasteiger partial charge in [0.1, 0.15) is 11.3 Å². The molecule has 1 rings (SSSR count). The number of azide groups is 1. The van der Waals surface area contributed by atoms with Crippen LogP contribution in [0.3, 0.4) is 0 Å². The minimum Gasteiger partial charge on any atom is -0.361 e. The number of nitrogens with one attached hydrogen (secondary N) is 1. The molecular weight excluding hydrogens is 222 g/mol. The van der Waals surface area contributed by atoms with Gasteiger partial charge >= 0.3 is 0 Å². The van der Waals surface area contributed by atoms with Crippen molar-refractivity contribution in [3.8, 4) is 0 Å². The van der Waals surface area contributed by atoms with Gasteiger partial charge in [-0.2, -0.15) is 0 Å². The first-order chi connectivity index (χ1) is 8.16. The highest BCUT2D eigenvalue weighted by atomic mass is 16.5. The Morgan fingerprint density at radius 2 is 2.29 bits per heavy atom. The predicted octanol–water partition coefficient (Wildman–Crippen LogP) is 2.11. The average Bonchev–Trinajstić information content (AvgIpc) is 2.63. The summed E-state index contributed by atoms with van der Waals surface area (Å²) >= 11 is 0. The first kappa shape index (κ1) is 13.1. The SMILES string of the molecule is Cc1noc(C)c1C(=O)NCCCCN=[N+]=[N-]. The monoisotopic (exact) mass is 237 g/mol. The minimum absolute atomic E-state index is 0.176. The Hall–Kier alpha value is -2.01. The topological polar surface area (TPSA) is 104 Å². The van der Waals surface area contributed by atoms with E-state index in [0.717, 1.165) is 12.8 Å². The number of amides is 1. The predicted molar refractivity (Wildman–Crippen MR) is 61.6 cm³/mol. The van der Waals surface area contributed by atoms with Crippen LogP contribution in [-0.4, -0.2) is 24.2 Å². The van der Waals surface area contributed by atoms with Crippen molar-refractivity contribution in [1.29, 1.82) is 0 Å². The van der Waals surface area contributed by atoms with Crippen LogP contribution in [0.15, 0.2) is 9.64 Å². The van der Waals surface area contributed by atoms with E-state index in [1.165, 1.54) is 0 Å². The normalized spacial score (nSPS) is 9.76. The molecule has 7 heteroatoms. The lowest BCUT2D eigenvalue weighted by Gasteiger charge is -2.03. The lowest BCUT2D eigenvalue weighted by molar-refractivity contribution is 0.0951. The number of carbonyl (C=O) groups is 1. The second kappa shape index (κ2) is 6.55. The number of nitrogens with zero attached hydrogens (tertiary/aromatic N) is 4. The van der Waals surface area contributed by atoms with E-state index >= 15 is 0 Å². The van der Waals surface area contributed by atoms with Crippen LogP contribution in [0.25, 0.3) is 10.4 Å². The van der Waals surface area contributed by atoms with Crippen LogP contribution in [0, 0.1) is 13.8 Å². The van der Waals surface area contributed by atoms with Crippen LogP contribution in [0.4, 0.5) is 0 Å². The molecule has 0 bridgehead atoms. The molecule has 1 amide bonds. The first-order valence-electron chi connectivity index (χ1n) is 5.38. The molecule has 92 valence electrons. The second-order valence-corrected chi connectivity index (χ2v) is 3.62. The molecule has 0 aliphatic heterocycles. The van der Waals surface area contributed by atoms with Gasteiger partial charge in [0.2, 0.25) is 0 Å². The maximum atomic E-state index is 11.7. The van der Waals surface area contributed by atoms with Crippen LogP contribution < -0.4 is 5.32 Å². The highest BCUT2D eigenvalue weighted by Gasteiger charge is 2.16. The maximum absolute atomic E-state index is 11.7. The molecule has 7 nitrogen and oxygen atoms in total. The van der Waals surface area contributed by atoms with E-state index in [1.54, 1.807) is 13.8 Å². The quantitative estimate of drug-likeness (QED) is 0.354. The van der Waals surface area contributed by atoms with Crippen LogP contribution in [0.1, 0.15) is 34.7 Å². The smallest absolute Gasteiger partial charge is 0.256 e. The summed E-state index contributed by atoms with van der Waals surface area (Å²) in [5.74, 6) is 0.346. The zero-order valence-electron chi connectivity index (χ0n) is 9.93. The van der Waals surface area contributed by atoms with Gasteiger partial charge in [-0.1, -0.05) is 10.3 Å². The molecular formula is C10H15N5O2. The Bertz CT molecular complexity index is 414. The van der Waals surface area contributed by atoms with E-state index in [4.69, 9.17) is 10.1 Å². The standard InChI is InChI=1S/C10H15N5O2/c1-7-9(8(2)17-14-7)10(16)12-5-3-4-6-13-15-11/h3-6H2,1-2H3,(H,12,16). The second-order valence-electron chi connectivity index (χ2n) is 3.62. The zero-order chi connectivity index (χ0) is 12.7. The molecule has 0 radical (unpaired) electrons. The van der Waals surface area contributed by atoms with Crippen molar-refractivity contribution in [3.63, 3.8) is 0 Å². The van der Waals surface area contributed by atoms with Gasteiger partial charge in [-0.3, -0.25) is 4.79 Å². The zero-order valence-corrected chi connectivity index (χ0v) is 9.93. The third-order valence-corrected chi connectivity index (χ3v) is 2.29. The average molecular weight is 237 g/mol. The Balaban J connectivity index is 2.33. The molecule has 0 aliphatic rings. The van der Waals surface area contributed by atoms with E-state index in [-0.39, 0.29) is 5.91 Å². The molecule has 1 aromatic rings. The van der Waals surface area contributed by atoms with Crippen LogP contribution in [-0.2, 0) is 0 Å². The van der Waals surface area contributed by atoms with Crippen molar-refractivity contribution < 1.29 is 9.32 Å². The highest BCUT2D eigenvalue weighted by molar-refractivity contribution is 5.95. The maximum Gasteiger partial charge on any atom is 0.256 e. The molecule has 0 fully saturated rings. The minimum atomic E-state index is -0.176. The number of rotatable bonds is 6. The van der Waals surface area contributed by atoms with Gasteiger partial charge in [-0.15, -0.1) is 0 Å². The number of aromatic nitrogens is 1. The van der Waals surface area contributed by atoms with E-state index < -0.39 is 0 Å². The van der Waals surface area contributed by atoms with Gasteiger partial charge in [0.05, 0.1) is 5.69 Å². The summed E-state index contributed by atoms with van der Waals surface area (Å²) in [6.45, 7) is 4.44. The third-order valence-electron chi connectivity index (χ3n) is 2.29. The van der Waals surface area contributed by atoms with Gasteiger partial charge < -0.3 is 9.84 Å². The largest absolute Gasteiger partial charge is 0.361 e.